The van der Waals surface area contributed by atoms with Crippen molar-refractivity contribution in [3.05, 3.63) is 0 Å². The Morgan fingerprint density at radius 3 is 1.64 bits per heavy atom. The van der Waals surface area contributed by atoms with Crippen LogP contribution >= 0.6 is 0 Å². The number of hydrogen-bond donors (Lipinski definition) is 8. The minimum absolute atomic E-state index is 0.0278. The first kappa shape index (κ1) is 73.7. The van der Waals surface area contributed by atoms with Gasteiger partial charge in [-0.25, -0.2) is 0 Å². The zero-order valence-electron chi connectivity index (χ0n) is 53.2. The number of esters is 3. The Bertz CT molecular complexity index is 1990. The van der Waals surface area contributed by atoms with E-state index in [0.717, 1.165) is 89.9 Å². The number of aliphatic hydroxyl groups is 8. The smallest absolute Gasteiger partial charge is 0.309 e. The van der Waals surface area contributed by atoms with Gasteiger partial charge in [-0.1, -0.05) is 137 Å². The van der Waals surface area contributed by atoms with Crippen LogP contribution in [0.2, 0.25) is 0 Å². The first-order valence-corrected chi connectivity index (χ1v) is 33.2. The molecule has 24 nitrogen and oxygen atoms in total. The molecule has 0 aliphatic carbocycles. The van der Waals surface area contributed by atoms with Crippen LogP contribution in [0.5, 0.6) is 0 Å². The number of hydrogen-bond acceptors (Lipinski definition) is 24. The van der Waals surface area contributed by atoms with Gasteiger partial charge in [-0.3, -0.25) is 14.4 Å². The third-order valence-electron chi connectivity index (χ3n) is 18.2. The second kappa shape index (κ2) is 36.8. The molecule has 0 amide bonds. The van der Waals surface area contributed by atoms with Crippen molar-refractivity contribution >= 4 is 17.9 Å². The molecule has 6 heterocycles. The molecular weight excluding hydrogens is 1140 g/mol. The van der Waals surface area contributed by atoms with Crippen molar-refractivity contribution in [2.24, 2.45) is 5.92 Å². The van der Waals surface area contributed by atoms with Gasteiger partial charge in [0.05, 0.1) is 42.5 Å². The molecule has 0 spiro atoms. The Morgan fingerprint density at radius 1 is 0.460 bits per heavy atom. The Balaban J connectivity index is 1.29. The van der Waals surface area contributed by atoms with Gasteiger partial charge >= 0.3 is 17.9 Å². The van der Waals surface area contributed by atoms with Gasteiger partial charge in [0.15, 0.2) is 49.8 Å². The molecular formula is C63H110O24. The first-order valence-electron chi connectivity index (χ1n) is 33.2. The van der Waals surface area contributed by atoms with E-state index in [4.69, 9.17) is 61.6 Å². The van der Waals surface area contributed by atoms with Gasteiger partial charge < -0.3 is 102 Å². The van der Waals surface area contributed by atoms with Gasteiger partial charge in [0.25, 0.3) is 0 Å². The summed E-state index contributed by atoms with van der Waals surface area (Å²) in [4.78, 5) is 41.3. The monoisotopic (exact) mass is 1250 g/mol. The van der Waals surface area contributed by atoms with Crippen LogP contribution in [-0.2, 0) is 76.0 Å². The molecule has 0 aromatic carbocycles. The van der Waals surface area contributed by atoms with E-state index in [2.05, 4.69) is 13.8 Å². The van der Waals surface area contributed by atoms with E-state index in [-0.39, 0.29) is 18.9 Å². The highest BCUT2D eigenvalue weighted by Crippen LogP contribution is 2.40. The number of ether oxygens (including phenoxy) is 13. The summed E-state index contributed by atoms with van der Waals surface area (Å²) in [5, 5.41) is 91.8. The van der Waals surface area contributed by atoms with Crippen LogP contribution in [0.4, 0.5) is 0 Å². The van der Waals surface area contributed by atoms with Crippen LogP contribution in [0.25, 0.3) is 0 Å². The molecule has 506 valence electrons. The average Bonchev–Trinajstić information content (AvgIpc) is 1.27. The zero-order valence-corrected chi connectivity index (χ0v) is 53.2. The Labute approximate surface area is 515 Å². The Morgan fingerprint density at radius 2 is 0.977 bits per heavy atom. The zero-order chi connectivity index (χ0) is 63.5. The molecule has 0 saturated carbocycles. The highest BCUT2D eigenvalue weighted by Gasteiger charge is 2.59. The van der Waals surface area contributed by atoms with Crippen LogP contribution in [0, 0.1) is 5.92 Å². The maximum absolute atomic E-state index is 14.2. The molecule has 6 fully saturated rings. The maximum atomic E-state index is 14.2. The van der Waals surface area contributed by atoms with Gasteiger partial charge in [-0.15, -0.1) is 0 Å². The molecule has 24 heteroatoms. The number of rotatable bonds is 24. The van der Waals surface area contributed by atoms with E-state index < -0.39 is 177 Å². The third-order valence-corrected chi connectivity index (χ3v) is 18.2. The lowest BCUT2D eigenvalue weighted by Crippen LogP contribution is -2.68. The van der Waals surface area contributed by atoms with Crippen LogP contribution in [0.15, 0.2) is 0 Å². The number of aliphatic hydroxyl groups excluding tert-OH is 8. The lowest BCUT2D eigenvalue weighted by atomic mass is 9.95. The van der Waals surface area contributed by atoms with Crippen molar-refractivity contribution in [3.63, 3.8) is 0 Å². The normalized spacial score (nSPS) is 41.6. The first-order chi connectivity index (χ1) is 41.6. The van der Waals surface area contributed by atoms with Crippen molar-refractivity contribution in [1.82, 2.24) is 0 Å². The summed E-state index contributed by atoms with van der Waals surface area (Å²) in [6.07, 6.45) is -18.3. The molecule has 6 aliphatic heterocycles. The van der Waals surface area contributed by atoms with E-state index in [1.807, 2.05) is 0 Å². The van der Waals surface area contributed by atoms with Crippen LogP contribution in [-0.4, -0.2) is 218 Å². The molecule has 0 aromatic heterocycles. The minimum Gasteiger partial charge on any atom is -0.457 e. The van der Waals surface area contributed by atoms with Gasteiger partial charge in [0.1, 0.15) is 73.2 Å². The molecule has 0 unspecified atom stereocenters. The molecule has 6 rings (SSSR count). The van der Waals surface area contributed by atoms with E-state index in [1.165, 1.54) is 46.5 Å². The number of carbonyl (C=O) groups excluding carboxylic acids is 3. The van der Waals surface area contributed by atoms with Gasteiger partial charge in [0.2, 0.25) is 0 Å². The van der Waals surface area contributed by atoms with E-state index in [0.29, 0.717) is 25.7 Å². The number of fused-ring (bicyclic) bond motifs is 3. The lowest BCUT2D eigenvalue weighted by Gasteiger charge is -2.51. The summed E-state index contributed by atoms with van der Waals surface area (Å²) in [6, 6.07) is 0. The maximum Gasteiger partial charge on any atom is 0.309 e. The molecule has 8 N–H and O–H groups in total. The van der Waals surface area contributed by atoms with Crippen LogP contribution in [0.3, 0.4) is 0 Å². The van der Waals surface area contributed by atoms with Crippen LogP contribution < -0.4 is 0 Å². The summed E-state index contributed by atoms with van der Waals surface area (Å²) in [5.41, 5.74) is 0. The fourth-order valence-electron chi connectivity index (χ4n) is 12.3. The summed E-state index contributed by atoms with van der Waals surface area (Å²) in [5.74, 6) is -2.80. The molecule has 2 bridgehead atoms. The quantitative estimate of drug-likeness (QED) is 0.0344. The van der Waals surface area contributed by atoms with Gasteiger partial charge in [0, 0.05) is 12.8 Å². The van der Waals surface area contributed by atoms with Gasteiger partial charge in [-0.2, -0.15) is 0 Å². The van der Waals surface area contributed by atoms with Crippen molar-refractivity contribution in [1.29, 1.82) is 0 Å². The summed E-state index contributed by atoms with van der Waals surface area (Å²) < 4.78 is 82.3. The van der Waals surface area contributed by atoms with Crippen molar-refractivity contribution in [3.8, 4) is 0 Å². The predicted molar refractivity (Wildman–Crippen MR) is 311 cm³/mol. The Kier molecular flexibility index (Phi) is 31.2. The highest BCUT2D eigenvalue weighted by molar-refractivity contribution is 5.72. The fraction of sp³-hybridized carbons (Fsp3) is 0.952. The van der Waals surface area contributed by atoms with E-state index in [9.17, 15) is 55.2 Å². The third kappa shape index (κ3) is 20.8. The predicted octanol–water partition coefficient (Wildman–Crippen LogP) is 5.33. The molecule has 0 radical (unpaired) electrons. The van der Waals surface area contributed by atoms with Crippen molar-refractivity contribution in [2.45, 2.75) is 376 Å². The molecule has 6 aliphatic rings. The second-order valence-corrected chi connectivity index (χ2v) is 25.3. The average molecular weight is 1250 g/mol. The lowest BCUT2D eigenvalue weighted by molar-refractivity contribution is -0.399. The largest absolute Gasteiger partial charge is 0.457 e. The molecule has 87 heavy (non-hydrogen) atoms. The summed E-state index contributed by atoms with van der Waals surface area (Å²) >= 11 is 0. The number of unbranched alkanes of at least 4 members (excludes halogenated alkanes) is 10. The number of carbonyl (C=O) groups is 3. The standard InChI is InChI=1S/C63H110O24/c1-10-13-15-16-17-18-21-24-28-32-41(64)81-51-37(7)77-60(49(72)47(51)70)84-53-39(9)79-63(57(83-58(74)34(4)12-3)56(53)87-59-48(71)45(68)43(66)35(5)75-59)85-52-38(8)78-61-50(73)54(52)82-42(65)33-29-25-22-19-20-23-27-31-40(30-26-14-11-2)80-62-55(86-61)46(69)44(67)36(6)76-62/h34-40,43-57,59-63,66-73H,10-33H2,1-9H3/t34-,35-,36+,37-,38-,39-,40-,43-,44-,45+,46-,47-,48+,49+,50+,51-,52-,53-,54-,55+,56+,57+,59+,60-,61-,62-,63-/m0/s1. The molecule has 6 saturated heterocycles. The SMILES string of the molecule is CCCCCCCCCCCC(=O)O[C@@H]1[C@@H](O)[C@@H](O)[C@H](O[C@@H]2[C@@H](O[C@H]3O[C@@H](C)[C@H](O)[C@@H](O)[C@H]3O)[C@@H](OC(=O)[C@@H](C)CC)[C@H](O[C@@H]3[C@H]4OC(=O)CCCCCCCCC[C@H](CCCCC)O[C@@H]5O[C@H](C)[C@H](O)[C@H](O)[C@H]5O[C@H](O[C@H]3C)[C@@H]4O)O[C@H]2C)O[C@H]1C. The summed E-state index contributed by atoms with van der Waals surface area (Å²) in [7, 11) is 0. The van der Waals surface area contributed by atoms with E-state index in [1.54, 1.807) is 27.7 Å². The van der Waals surface area contributed by atoms with Crippen molar-refractivity contribution in [2.75, 3.05) is 0 Å². The van der Waals surface area contributed by atoms with E-state index >= 15 is 0 Å². The molecule has 0 aromatic rings. The second-order valence-electron chi connectivity index (χ2n) is 25.3. The van der Waals surface area contributed by atoms with Crippen LogP contribution in [0.1, 0.15) is 216 Å². The van der Waals surface area contributed by atoms with Gasteiger partial charge in [-0.05, 0) is 66.7 Å². The van der Waals surface area contributed by atoms with Crippen molar-refractivity contribution < 1.29 is 117 Å². The summed E-state index contributed by atoms with van der Waals surface area (Å²) in [6.45, 7) is 15.3. The minimum atomic E-state index is -1.91. The molecule has 27 atom stereocenters. The fourth-order valence-corrected chi connectivity index (χ4v) is 12.3. The highest BCUT2D eigenvalue weighted by atomic mass is 16.8. The Hall–Kier alpha value is -2.31. The topological polar surface area (TPSA) is 333 Å².